The molecule has 0 aliphatic heterocycles. The predicted molar refractivity (Wildman–Crippen MR) is 82.7 cm³/mol. The van der Waals surface area contributed by atoms with Gasteiger partial charge in [-0.15, -0.1) is 10.2 Å². The summed E-state index contributed by atoms with van der Waals surface area (Å²) < 4.78 is 0. The van der Waals surface area contributed by atoms with Gasteiger partial charge in [-0.25, -0.2) is 0 Å². The largest absolute Gasteiger partial charge is 0.481 e. The summed E-state index contributed by atoms with van der Waals surface area (Å²) in [5, 5.41) is 20.2. The zero-order valence-corrected chi connectivity index (χ0v) is 12.9. The Kier molecular flexibility index (Phi) is 4.22. The molecule has 1 saturated carbocycles. The van der Waals surface area contributed by atoms with Gasteiger partial charge in [-0.05, 0) is 37.8 Å². The molecule has 0 unspecified atom stereocenters. The van der Waals surface area contributed by atoms with Crippen molar-refractivity contribution < 1.29 is 9.90 Å². The highest BCUT2D eigenvalue weighted by Crippen LogP contribution is 2.38. The van der Waals surface area contributed by atoms with Crippen molar-refractivity contribution in [2.24, 2.45) is 5.92 Å². The smallest absolute Gasteiger partial charge is 0.306 e. The summed E-state index contributed by atoms with van der Waals surface area (Å²) >= 11 is 7.48. The number of nitrogens with zero attached hydrogens (tertiary/aromatic N) is 2. The van der Waals surface area contributed by atoms with Crippen LogP contribution in [0.5, 0.6) is 0 Å². The Morgan fingerprint density at radius 3 is 2.43 bits per heavy atom. The average Bonchev–Trinajstić information content (AvgIpc) is 2.98. The van der Waals surface area contributed by atoms with E-state index in [-0.39, 0.29) is 5.92 Å². The van der Waals surface area contributed by atoms with Crippen molar-refractivity contribution in [2.75, 3.05) is 0 Å². The molecule has 1 fully saturated rings. The van der Waals surface area contributed by atoms with Crippen molar-refractivity contribution in [2.45, 2.75) is 31.6 Å². The SMILES string of the molecule is O=C(O)[C@H]1CC[C@H](c2nnc(-c3ccc(Cl)cc3)s2)CC1. The highest BCUT2D eigenvalue weighted by molar-refractivity contribution is 7.14. The molecular weight excluding hydrogens is 308 g/mol. The fourth-order valence-corrected chi connectivity index (χ4v) is 3.84. The molecule has 0 atom stereocenters. The summed E-state index contributed by atoms with van der Waals surface area (Å²) in [5.41, 5.74) is 1.02. The van der Waals surface area contributed by atoms with Gasteiger partial charge in [0.1, 0.15) is 10.0 Å². The third-order valence-electron chi connectivity index (χ3n) is 3.96. The lowest BCUT2D eigenvalue weighted by molar-refractivity contribution is -0.142. The van der Waals surface area contributed by atoms with Gasteiger partial charge in [0.05, 0.1) is 5.92 Å². The second-order valence-corrected chi connectivity index (χ2v) is 6.78. The molecule has 3 rings (SSSR count). The van der Waals surface area contributed by atoms with Gasteiger partial charge in [-0.3, -0.25) is 4.79 Å². The van der Waals surface area contributed by atoms with Crippen LogP contribution in [0.3, 0.4) is 0 Å². The Bertz CT molecular complexity index is 633. The number of carboxylic acids is 1. The molecule has 0 amide bonds. The number of carbonyl (C=O) groups is 1. The molecule has 4 nitrogen and oxygen atoms in total. The first-order chi connectivity index (χ1) is 10.1. The molecule has 1 aliphatic rings. The van der Waals surface area contributed by atoms with Crippen LogP contribution in [0, 0.1) is 5.92 Å². The highest BCUT2D eigenvalue weighted by Gasteiger charge is 2.28. The van der Waals surface area contributed by atoms with Crippen LogP contribution in [0.2, 0.25) is 5.02 Å². The lowest BCUT2D eigenvalue weighted by atomic mass is 9.82. The topological polar surface area (TPSA) is 63.1 Å². The van der Waals surface area contributed by atoms with E-state index in [0.717, 1.165) is 41.3 Å². The zero-order valence-electron chi connectivity index (χ0n) is 11.3. The quantitative estimate of drug-likeness (QED) is 0.919. The highest BCUT2D eigenvalue weighted by atomic mass is 35.5. The first-order valence-corrected chi connectivity index (χ1v) is 8.15. The Hall–Kier alpha value is -1.46. The van der Waals surface area contributed by atoms with Gasteiger partial charge in [-0.2, -0.15) is 0 Å². The second kappa shape index (κ2) is 6.12. The van der Waals surface area contributed by atoms with Crippen LogP contribution >= 0.6 is 22.9 Å². The molecule has 1 aliphatic carbocycles. The van der Waals surface area contributed by atoms with E-state index in [2.05, 4.69) is 10.2 Å². The molecule has 0 spiro atoms. The van der Waals surface area contributed by atoms with E-state index in [1.165, 1.54) is 0 Å². The summed E-state index contributed by atoms with van der Waals surface area (Å²) in [4.78, 5) is 11.0. The van der Waals surface area contributed by atoms with Crippen molar-refractivity contribution >= 4 is 28.9 Å². The second-order valence-electron chi connectivity index (χ2n) is 5.34. The lowest BCUT2D eigenvalue weighted by Crippen LogP contribution is -2.20. The number of carboxylic acid groups (broad SMARTS) is 1. The zero-order chi connectivity index (χ0) is 14.8. The van der Waals surface area contributed by atoms with E-state index < -0.39 is 5.97 Å². The number of hydrogen-bond donors (Lipinski definition) is 1. The molecule has 1 heterocycles. The molecule has 0 radical (unpaired) electrons. The van der Waals surface area contributed by atoms with Crippen molar-refractivity contribution in [3.05, 3.63) is 34.3 Å². The number of hydrogen-bond acceptors (Lipinski definition) is 4. The lowest BCUT2D eigenvalue weighted by Gasteiger charge is -2.23. The van der Waals surface area contributed by atoms with Crippen LogP contribution < -0.4 is 0 Å². The third kappa shape index (κ3) is 3.24. The first kappa shape index (κ1) is 14.5. The Morgan fingerprint density at radius 1 is 1.14 bits per heavy atom. The van der Waals surface area contributed by atoms with Gasteiger partial charge in [0.25, 0.3) is 0 Å². The van der Waals surface area contributed by atoms with Crippen molar-refractivity contribution in [1.82, 2.24) is 10.2 Å². The predicted octanol–water partition coefficient (Wildman–Crippen LogP) is 4.22. The van der Waals surface area contributed by atoms with Crippen LogP contribution in [0.1, 0.15) is 36.6 Å². The molecule has 21 heavy (non-hydrogen) atoms. The van der Waals surface area contributed by atoms with Gasteiger partial charge in [0.15, 0.2) is 0 Å². The van der Waals surface area contributed by atoms with Crippen molar-refractivity contribution in [3.63, 3.8) is 0 Å². The number of benzene rings is 1. The molecule has 6 heteroatoms. The summed E-state index contributed by atoms with van der Waals surface area (Å²) in [6, 6.07) is 7.56. The molecule has 0 bridgehead atoms. The summed E-state index contributed by atoms with van der Waals surface area (Å²) in [5.74, 6) is -0.517. The molecule has 2 aromatic rings. The minimum absolute atomic E-state index is 0.190. The third-order valence-corrected chi connectivity index (χ3v) is 5.34. The maximum absolute atomic E-state index is 11.0. The minimum Gasteiger partial charge on any atom is -0.481 e. The van der Waals surface area contributed by atoms with Crippen molar-refractivity contribution in [3.8, 4) is 10.6 Å². The maximum atomic E-state index is 11.0. The minimum atomic E-state index is -0.674. The van der Waals surface area contributed by atoms with E-state index >= 15 is 0 Å². The maximum Gasteiger partial charge on any atom is 0.306 e. The molecule has 0 saturated heterocycles. The normalized spacial score (nSPS) is 22.1. The van der Waals surface area contributed by atoms with Crippen LogP contribution in [0.4, 0.5) is 0 Å². The molecule has 110 valence electrons. The van der Waals surface area contributed by atoms with E-state index in [9.17, 15) is 4.79 Å². The number of aliphatic carboxylic acids is 1. The molecular formula is C15H15ClN2O2S. The van der Waals surface area contributed by atoms with Gasteiger partial charge < -0.3 is 5.11 Å². The summed E-state index contributed by atoms with van der Waals surface area (Å²) in [6.07, 6.45) is 3.23. The fraction of sp³-hybridized carbons (Fsp3) is 0.400. The monoisotopic (exact) mass is 322 g/mol. The van der Waals surface area contributed by atoms with Gasteiger partial charge >= 0.3 is 5.97 Å². The first-order valence-electron chi connectivity index (χ1n) is 6.95. The van der Waals surface area contributed by atoms with Gasteiger partial charge in [-0.1, -0.05) is 35.1 Å². The molecule has 1 N–H and O–H groups in total. The Morgan fingerprint density at radius 2 is 1.81 bits per heavy atom. The summed E-state index contributed by atoms with van der Waals surface area (Å²) in [7, 11) is 0. The fourth-order valence-electron chi connectivity index (χ4n) is 2.70. The summed E-state index contributed by atoms with van der Waals surface area (Å²) in [6.45, 7) is 0. The number of halogens is 1. The van der Waals surface area contributed by atoms with E-state index in [1.54, 1.807) is 11.3 Å². The van der Waals surface area contributed by atoms with Crippen LogP contribution in [-0.2, 0) is 4.79 Å². The number of aromatic nitrogens is 2. The average molecular weight is 323 g/mol. The molecule has 1 aromatic heterocycles. The Labute approximate surface area is 131 Å². The van der Waals surface area contributed by atoms with Gasteiger partial charge in [0, 0.05) is 16.5 Å². The Balaban J connectivity index is 1.71. The van der Waals surface area contributed by atoms with Crippen LogP contribution in [0.15, 0.2) is 24.3 Å². The van der Waals surface area contributed by atoms with E-state index in [0.29, 0.717) is 10.9 Å². The van der Waals surface area contributed by atoms with Gasteiger partial charge in [0.2, 0.25) is 0 Å². The standard InChI is InChI=1S/C15H15ClN2O2S/c16-12-7-5-10(6-8-12)14-18-17-13(21-14)9-1-3-11(4-2-9)15(19)20/h5-9,11H,1-4H2,(H,19,20)/t9-,11-. The van der Waals surface area contributed by atoms with Crippen molar-refractivity contribution in [1.29, 1.82) is 0 Å². The van der Waals surface area contributed by atoms with Crippen LogP contribution in [-0.4, -0.2) is 21.3 Å². The van der Waals surface area contributed by atoms with E-state index in [4.69, 9.17) is 16.7 Å². The molecule has 1 aromatic carbocycles. The number of rotatable bonds is 3. The van der Waals surface area contributed by atoms with E-state index in [1.807, 2.05) is 24.3 Å². The van der Waals surface area contributed by atoms with Crippen LogP contribution in [0.25, 0.3) is 10.6 Å².